The Balaban J connectivity index is 1.58. The van der Waals surface area contributed by atoms with Crippen molar-refractivity contribution in [2.75, 3.05) is 12.4 Å². The first-order valence-corrected chi connectivity index (χ1v) is 11.5. The summed E-state index contributed by atoms with van der Waals surface area (Å²) < 4.78 is 14.5. The van der Waals surface area contributed by atoms with Crippen molar-refractivity contribution in [1.29, 1.82) is 0 Å². The zero-order chi connectivity index (χ0) is 25.9. The van der Waals surface area contributed by atoms with Gasteiger partial charge in [-0.3, -0.25) is 18.9 Å². The second-order valence-corrected chi connectivity index (χ2v) is 8.29. The molecule has 0 atom stereocenters. The Morgan fingerprint density at radius 3 is 2.49 bits per heavy atom. The lowest BCUT2D eigenvalue weighted by atomic mass is 10.2. The molecule has 1 N–H and O–H groups in total. The second-order valence-electron chi connectivity index (χ2n) is 8.29. The van der Waals surface area contributed by atoms with Gasteiger partial charge in [-0.15, -0.1) is 0 Å². The molecular formula is C29H24N4O4. The minimum atomic E-state index is -0.331. The maximum atomic E-state index is 13.8. The van der Waals surface area contributed by atoms with Gasteiger partial charge in [0, 0.05) is 18.0 Å². The molecule has 2 heterocycles. The Morgan fingerprint density at radius 1 is 0.946 bits per heavy atom. The van der Waals surface area contributed by atoms with Gasteiger partial charge >= 0.3 is 5.69 Å². The van der Waals surface area contributed by atoms with E-state index in [0.717, 1.165) is 5.56 Å². The molecule has 0 unspecified atom stereocenters. The highest BCUT2D eigenvalue weighted by atomic mass is 16.5. The number of nitrogens with one attached hydrogen (secondary N) is 1. The molecule has 3 aromatic carbocycles. The predicted octanol–water partition coefficient (Wildman–Crippen LogP) is 5.41. The molecule has 1 amide bonds. The summed E-state index contributed by atoms with van der Waals surface area (Å²) in [5.74, 6) is 1.68. The van der Waals surface area contributed by atoms with E-state index >= 15 is 0 Å². The van der Waals surface area contributed by atoms with Gasteiger partial charge in [-0.05, 0) is 73.2 Å². The molecule has 0 saturated carbocycles. The van der Waals surface area contributed by atoms with Crippen molar-refractivity contribution in [3.05, 3.63) is 114 Å². The van der Waals surface area contributed by atoms with Crippen molar-refractivity contribution < 1.29 is 14.3 Å². The van der Waals surface area contributed by atoms with Crippen LogP contribution in [-0.4, -0.2) is 27.1 Å². The van der Waals surface area contributed by atoms with Crippen LogP contribution < -0.4 is 20.5 Å². The van der Waals surface area contributed by atoms with Gasteiger partial charge in [0.1, 0.15) is 17.2 Å². The van der Waals surface area contributed by atoms with Gasteiger partial charge in [-0.2, -0.15) is 0 Å². The average molecular weight is 493 g/mol. The molecule has 8 heteroatoms. The minimum Gasteiger partial charge on any atom is -0.497 e. The van der Waals surface area contributed by atoms with E-state index < -0.39 is 0 Å². The number of amides is 1. The number of hydrogen-bond donors (Lipinski definition) is 1. The van der Waals surface area contributed by atoms with Crippen molar-refractivity contribution in [2.45, 2.75) is 6.92 Å². The minimum absolute atomic E-state index is 0.268. The molecule has 0 spiro atoms. The summed E-state index contributed by atoms with van der Waals surface area (Å²) in [7, 11) is 1.61. The molecule has 0 fully saturated rings. The molecule has 0 radical (unpaired) electrons. The standard InChI is InChI=1S/C29H24N4O4/c1-4-28(34)31-20-7-5-8-21(16-20)32-25-13-14-30-18-26(25)33(29(32)35)22-11-12-27(19(2)15-22)37-24-10-6-9-23(17-24)36-3/h4-18H,1H2,2-3H3,(H,31,34). The molecule has 0 aliphatic heterocycles. The van der Waals surface area contributed by atoms with Crippen LogP contribution in [-0.2, 0) is 4.79 Å². The monoisotopic (exact) mass is 492 g/mol. The zero-order valence-electron chi connectivity index (χ0n) is 20.3. The van der Waals surface area contributed by atoms with Crippen LogP contribution in [0.1, 0.15) is 5.56 Å². The van der Waals surface area contributed by atoms with Crippen molar-refractivity contribution >= 4 is 22.6 Å². The Kier molecular flexibility index (Phi) is 6.30. The molecule has 2 aromatic heterocycles. The van der Waals surface area contributed by atoms with Crippen LogP contribution in [0.4, 0.5) is 5.69 Å². The van der Waals surface area contributed by atoms with E-state index in [1.807, 2.05) is 55.5 Å². The quantitative estimate of drug-likeness (QED) is 0.307. The topological polar surface area (TPSA) is 87.4 Å². The summed E-state index contributed by atoms with van der Waals surface area (Å²) in [6.45, 7) is 5.41. The van der Waals surface area contributed by atoms with Gasteiger partial charge in [0.25, 0.3) is 0 Å². The molecule has 0 saturated heterocycles. The number of anilines is 1. The van der Waals surface area contributed by atoms with Crippen LogP contribution >= 0.6 is 0 Å². The lowest BCUT2D eigenvalue weighted by Crippen LogP contribution is -2.22. The van der Waals surface area contributed by atoms with Crippen LogP contribution in [0.15, 0.2) is 103 Å². The predicted molar refractivity (Wildman–Crippen MR) is 143 cm³/mol. The van der Waals surface area contributed by atoms with Crippen LogP contribution in [0, 0.1) is 6.92 Å². The van der Waals surface area contributed by atoms with Gasteiger partial charge in [0.05, 0.1) is 35.7 Å². The molecule has 37 heavy (non-hydrogen) atoms. The van der Waals surface area contributed by atoms with Crippen molar-refractivity contribution in [1.82, 2.24) is 14.1 Å². The molecule has 5 rings (SSSR count). The van der Waals surface area contributed by atoms with Gasteiger partial charge in [0.2, 0.25) is 5.91 Å². The van der Waals surface area contributed by atoms with E-state index in [-0.39, 0.29) is 11.6 Å². The third kappa shape index (κ3) is 4.60. The Morgan fingerprint density at radius 2 is 1.70 bits per heavy atom. The largest absolute Gasteiger partial charge is 0.497 e. The highest BCUT2D eigenvalue weighted by Crippen LogP contribution is 2.30. The highest BCUT2D eigenvalue weighted by Gasteiger charge is 2.17. The Hall–Kier alpha value is -5.11. The average Bonchev–Trinajstić information content (AvgIpc) is 3.21. The van der Waals surface area contributed by atoms with E-state index in [0.29, 0.717) is 45.3 Å². The summed E-state index contributed by atoms with van der Waals surface area (Å²) in [5.41, 5.74) is 3.75. The van der Waals surface area contributed by atoms with E-state index in [2.05, 4.69) is 16.9 Å². The lowest BCUT2D eigenvalue weighted by molar-refractivity contribution is -0.111. The fraction of sp³-hybridized carbons (Fsp3) is 0.0690. The number of methoxy groups -OCH3 is 1. The molecule has 184 valence electrons. The van der Waals surface area contributed by atoms with E-state index in [4.69, 9.17) is 9.47 Å². The number of hydrogen-bond acceptors (Lipinski definition) is 5. The van der Waals surface area contributed by atoms with Crippen LogP contribution in [0.3, 0.4) is 0 Å². The number of rotatable bonds is 7. The summed E-state index contributed by atoms with van der Waals surface area (Å²) in [6.07, 6.45) is 4.50. The van der Waals surface area contributed by atoms with Crippen LogP contribution in [0.25, 0.3) is 22.4 Å². The second kappa shape index (κ2) is 9.87. The number of ether oxygens (including phenoxy) is 2. The number of benzene rings is 3. The van der Waals surface area contributed by atoms with E-state index in [1.165, 1.54) is 6.08 Å². The third-order valence-corrected chi connectivity index (χ3v) is 5.89. The fourth-order valence-electron chi connectivity index (χ4n) is 4.14. The van der Waals surface area contributed by atoms with Crippen LogP contribution in [0.5, 0.6) is 17.2 Å². The number of fused-ring (bicyclic) bond motifs is 1. The summed E-state index contributed by atoms with van der Waals surface area (Å²) >= 11 is 0. The third-order valence-electron chi connectivity index (χ3n) is 5.89. The number of nitrogens with zero attached hydrogens (tertiary/aromatic N) is 3. The molecular weight excluding hydrogens is 468 g/mol. The zero-order valence-corrected chi connectivity index (χ0v) is 20.3. The maximum absolute atomic E-state index is 13.8. The van der Waals surface area contributed by atoms with Crippen LogP contribution in [0.2, 0.25) is 0 Å². The van der Waals surface area contributed by atoms with Crippen molar-refractivity contribution in [3.63, 3.8) is 0 Å². The number of aryl methyl sites for hydroxylation is 1. The summed E-state index contributed by atoms with van der Waals surface area (Å²) in [5, 5.41) is 2.74. The molecule has 0 aliphatic rings. The van der Waals surface area contributed by atoms with E-state index in [1.54, 1.807) is 52.9 Å². The maximum Gasteiger partial charge on any atom is 0.338 e. The fourth-order valence-corrected chi connectivity index (χ4v) is 4.14. The van der Waals surface area contributed by atoms with Crippen molar-refractivity contribution in [2.24, 2.45) is 0 Å². The number of carbonyl (C=O) groups is 1. The number of carbonyl (C=O) groups excluding carboxylic acids is 1. The lowest BCUT2D eigenvalue weighted by Gasteiger charge is -2.12. The summed E-state index contributed by atoms with van der Waals surface area (Å²) in [4.78, 5) is 29.8. The molecule has 0 bridgehead atoms. The molecule has 5 aromatic rings. The van der Waals surface area contributed by atoms with Crippen molar-refractivity contribution in [3.8, 4) is 28.6 Å². The normalized spacial score (nSPS) is 10.8. The first kappa shape index (κ1) is 23.6. The molecule has 0 aliphatic carbocycles. The Labute approximate surface area is 213 Å². The smallest absolute Gasteiger partial charge is 0.338 e. The summed E-state index contributed by atoms with van der Waals surface area (Å²) in [6, 6.07) is 21.8. The molecule has 8 nitrogen and oxygen atoms in total. The number of imidazole rings is 1. The number of aromatic nitrogens is 3. The van der Waals surface area contributed by atoms with Gasteiger partial charge < -0.3 is 14.8 Å². The highest BCUT2D eigenvalue weighted by molar-refractivity contribution is 5.99. The van der Waals surface area contributed by atoms with Gasteiger partial charge in [-0.1, -0.05) is 18.7 Å². The van der Waals surface area contributed by atoms with Gasteiger partial charge in [0.15, 0.2) is 0 Å². The van der Waals surface area contributed by atoms with Gasteiger partial charge in [-0.25, -0.2) is 4.79 Å². The first-order valence-electron chi connectivity index (χ1n) is 11.5. The SMILES string of the molecule is C=CC(=O)Nc1cccc(-n2c(=O)n(-c3ccc(Oc4cccc(OC)c4)c(C)c3)c3cnccc32)c1. The number of pyridine rings is 1. The van der Waals surface area contributed by atoms with E-state index in [9.17, 15) is 9.59 Å². The first-order chi connectivity index (χ1) is 18.0. The Bertz CT molecular complexity index is 1700.